The summed E-state index contributed by atoms with van der Waals surface area (Å²) in [4.78, 5) is 33.7. The zero-order valence-electron chi connectivity index (χ0n) is 9.51. The largest absolute Gasteiger partial charge is 0.478 e. The van der Waals surface area contributed by atoms with Crippen LogP contribution in [0.1, 0.15) is 5.56 Å². The number of rotatable bonds is 3. The average molecular weight is 264 g/mol. The van der Waals surface area contributed by atoms with Gasteiger partial charge in [-0.2, -0.15) is 0 Å². The minimum atomic E-state index is -1.71. The quantitative estimate of drug-likeness (QED) is 0.547. The Labute approximate surface area is 106 Å². The normalized spacial score (nSPS) is 22.4. The molecule has 1 unspecified atom stereocenters. The fourth-order valence-electron chi connectivity index (χ4n) is 1.82. The van der Waals surface area contributed by atoms with Gasteiger partial charge in [-0.3, -0.25) is 10.1 Å². The summed E-state index contributed by atoms with van der Waals surface area (Å²) >= 11 is 0. The number of halogens is 1. The number of carboxylic acid groups (broad SMARTS) is 1. The van der Waals surface area contributed by atoms with E-state index in [2.05, 4.69) is 5.32 Å². The second-order valence-electron chi connectivity index (χ2n) is 3.90. The van der Waals surface area contributed by atoms with Gasteiger partial charge in [0.1, 0.15) is 5.82 Å². The summed E-state index contributed by atoms with van der Waals surface area (Å²) in [7, 11) is 0. The zero-order valence-corrected chi connectivity index (χ0v) is 9.51. The van der Waals surface area contributed by atoms with Gasteiger partial charge < -0.3 is 10.4 Å². The molecule has 1 aliphatic rings. The van der Waals surface area contributed by atoms with Crippen molar-refractivity contribution in [2.75, 3.05) is 0 Å². The van der Waals surface area contributed by atoms with E-state index in [0.717, 1.165) is 18.2 Å². The van der Waals surface area contributed by atoms with Gasteiger partial charge in [-0.05, 0) is 23.8 Å². The van der Waals surface area contributed by atoms with Crippen molar-refractivity contribution in [2.24, 2.45) is 0 Å². The smallest absolute Gasteiger partial charge is 0.328 e. The molecule has 0 aromatic heterocycles. The summed E-state index contributed by atoms with van der Waals surface area (Å²) in [5, 5.41) is 12.9. The number of hydrogen-bond acceptors (Lipinski definition) is 3. The van der Waals surface area contributed by atoms with Crippen LogP contribution < -0.4 is 10.6 Å². The van der Waals surface area contributed by atoms with E-state index >= 15 is 0 Å². The number of aliphatic carboxylic acids is 1. The van der Waals surface area contributed by atoms with Crippen LogP contribution >= 0.6 is 0 Å². The summed E-state index contributed by atoms with van der Waals surface area (Å²) in [6, 6.07) is 4.23. The maximum atomic E-state index is 13.2. The molecule has 0 saturated carbocycles. The third-order valence-corrected chi connectivity index (χ3v) is 2.65. The highest BCUT2D eigenvalue weighted by Crippen LogP contribution is 2.27. The van der Waals surface area contributed by atoms with E-state index in [-0.39, 0.29) is 5.56 Å². The molecule has 3 amide bonds. The van der Waals surface area contributed by atoms with E-state index in [1.165, 1.54) is 18.2 Å². The zero-order chi connectivity index (χ0) is 14.0. The molecule has 2 rings (SSSR count). The second kappa shape index (κ2) is 4.52. The number of imide groups is 1. The Morgan fingerprint density at radius 1 is 1.37 bits per heavy atom. The first-order valence-electron chi connectivity index (χ1n) is 5.26. The van der Waals surface area contributed by atoms with Gasteiger partial charge >= 0.3 is 12.0 Å². The highest BCUT2D eigenvalue weighted by atomic mass is 19.1. The molecule has 1 aromatic carbocycles. The first kappa shape index (κ1) is 12.7. The Balaban J connectivity index is 2.55. The van der Waals surface area contributed by atoms with Gasteiger partial charge in [0, 0.05) is 6.08 Å². The lowest BCUT2D eigenvalue weighted by molar-refractivity contribution is -0.131. The van der Waals surface area contributed by atoms with Crippen LogP contribution in [0.15, 0.2) is 36.4 Å². The summed E-state index contributed by atoms with van der Waals surface area (Å²) in [6.45, 7) is 0. The van der Waals surface area contributed by atoms with Crippen LogP contribution in [0.5, 0.6) is 0 Å². The van der Waals surface area contributed by atoms with E-state index in [1.807, 2.05) is 5.32 Å². The van der Waals surface area contributed by atoms with Crippen molar-refractivity contribution in [3.8, 4) is 0 Å². The first-order chi connectivity index (χ1) is 8.94. The van der Waals surface area contributed by atoms with Crippen LogP contribution in [0.25, 0.3) is 0 Å². The van der Waals surface area contributed by atoms with Gasteiger partial charge in [-0.25, -0.2) is 14.0 Å². The Morgan fingerprint density at radius 3 is 2.63 bits per heavy atom. The maximum absolute atomic E-state index is 13.2. The fraction of sp³-hybridized carbons (Fsp3) is 0.0833. The fourth-order valence-corrected chi connectivity index (χ4v) is 1.82. The van der Waals surface area contributed by atoms with E-state index in [0.29, 0.717) is 0 Å². The number of hydrogen-bond donors (Lipinski definition) is 3. The van der Waals surface area contributed by atoms with Crippen LogP contribution in [0.2, 0.25) is 0 Å². The summed E-state index contributed by atoms with van der Waals surface area (Å²) in [6.07, 6.45) is 1.72. The highest BCUT2D eigenvalue weighted by Gasteiger charge is 2.46. The van der Waals surface area contributed by atoms with Crippen molar-refractivity contribution in [1.82, 2.24) is 10.6 Å². The molecule has 98 valence electrons. The monoisotopic (exact) mass is 264 g/mol. The molecule has 1 atom stereocenters. The summed E-state index contributed by atoms with van der Waals surface area (Å²) in [5.74, 6) is -2.65. The topological polar surface area (TPSA) is 95.5 Å². The molecule has 0 spiro atoms. The molecular weight excluding hydrogens is 255 g/mol. The van der Waals surface area contributed by atoms with Crippen molar-refractivity contribution in [3.05, 3.63) is 47.8 Å². The predicted molar refractivity (Wildman–Crippen MR) is 61.5 cm³/mol. The average Bonchev–Trinajstić information content (AvgIpc) is 2.62. The van der Waals surface area contributed by atoms with Crippen LogP contribution in [0.4, 0.5) is 9.18 Å². The Morgan fingerprint density at radius 2 is 2.11 bits per heavy atom. The highest BCUT2D eigenvalue weighted by molar-refractivity contribution is 6.09. The van der Waals surface area contributed by atoms with Crippen LogP contribution in [0, 0.1) is 5.82 Å². The Kier molecular flexibility index (Phi) is 3.04. The SMILES string of the molecule is O=C(O)C=CC1(c2cccc(F)c2)NC(=O)NC1=O. The third-order valence-electron chi connectivity index (χ3n) is 2.65. The first-order valence-corrected chi connectivity index (χ1v) is 5.26. The van der Waals surface area contributed by atoms with Crippen LogP contribution in [-0.4, -0.2) is 23.0 Å². The van der Waals surface area contributed by atoms with Crippen LogP contribution in [0.3, 0.4) is 0 Å². The standard InChI is InChI=1S/C12H9FN2O4/c13-8-3-1-2-7(6-8)12(5-4-9(16)17)10(18)14-11(19)15-12/h1-6H,(H,16,17)(H2,14,15,18,19). The van der Waals surface area contributed by atoms with Crippen molar-refractivity contribution >= 4 is 17.9 Å². The van der Waals surface area contributed by atoms with Gasteiger partial charge in [0.25, 0.3) is 5.91 Å². The van der Waals surface area contributed by atoms with Crippen molar-refractivity contribution in [3.63, 3.8) is 0 Å². The number of carboxylic acids is 1. The van der Waals surface area contributed by atoms with Crippen molar-refractivity contribution < 1.29 is 23.9 Å². The molecule has 0 radical (unpaired) electrons. The van der Waals surface area contributed by atoms with E-state index in [1.54, 1.807) is 0 Å². The van der Waals surface area contributed by atoms with E-state index in [9.17, 15) is 18.8 Å². The molecular formula is C12H9FN2O4. The number of benzene rings is 1. The molecule has 1 aliphatic heterocycles. The number of urea groups is 1. The lowest BCUT2D eigenvalue weighted by atomic mass is 9.89. The molecule has 3 N–H and O–H groups in total. The molecule has 6 nitrogen and oxygen atoms in total. The van der Waals surface area contributed by atoms with E-state index < -0.39 is 29.3 Å². The molecule has 1 saturated heterocycles. The number of nitrogens with one attached hydrogen (secondary N) is 2. The summed E-state index contributed by atoms with van der Waals surface area (Å²) in [5.41, 5.74) is -1.58. The molecule has 7 heteroatoms. The van der Waals surface area contributed by atoms with Crippen LogP contribution in [-0.2, 0) is 15.1 Å². The molecule has 1 heterocycles. The van der Waals surface area contributed by atoms with Gasteiger partial charge in [0.15, 0.2) is 5.54 Å². The molecule has 0 aliphatic carbocycles. The molecule has 1 fully saturated rings. The van der Waals surface area contributed by atoms with Gasteiger partial charge in [-0.1, -0.05) is 12.1 Å². The number of amides is 3. The van der Waals surface area contributed by atoms with Crippen molar-refractivity contribution in [2.45, 2.75) is 5.54 Å². The lowest BCUT2D eigenvalue weighted by Crippen LogP contribution is -2.42. The minimum Gasteiger partial charge on any atom is -0.478 e. The molecule has 19 heavy (non-hydrogen) atoms. The van der Waals surface area contributed by atoms with Crippen molar-refractivity contribution in [1.29, 1.82) is 0 Å². The second-order valence-corrected chi connectivity index (χ2v) is 3.90. The molecule has 1 aromatic rings. The van der Waals surface area contributed by atoms with Gasteiger partial charge in [0.2, 0.25) is 0 Å². The van der Waals surface area contributed by atoms with E-state index in [4.69, 9.17) is 5.11 Å². The summed E-state index contributed by atoms with van der Waals surface area (Å²) < 4.78 is 13.2. The lowest BCUT2D eigenvalue weighted by Gasteiger charge is -2.22. The predicted octanol–water partition coefficient (Wildman–Crippen LogP) is 0.501. The minimum absolute atomic E-state index is 0.133. The number of carbonyl (C=O) groups is 3. The Hall–Kier alpha value is -2.70. The third kappa shape index (κ3) is 2.30. The van der Waals surface area contributed by atoms with Gasteiger partial charge in [0.05, 0.1) is 0 Å². The number of carbonyl (C=O) groups excluding carboxylic acids is 2. The van der Waals surface area contributed by atoms with Gasteiger partial charge in [-0.15, -0.1) is 0 Å². The maximum Gasteiger partial charge on any atom is 0.328 e. The molecule has 0 bridgehead atoms. The Bertz CT molecular complexity index is 599.